The van der Waals surface area contributed by atoms with Crippen LogP contribution in [0.4, 0.5) is 0 Å². The third-order valence-electron chi connectivity index (χ3n) is 3.54. The van der Waals surface area contributed by atoms with Gasteiger partial charge in [0, 0.05) is 0 Å². The van der Waals surface area contributed by atoms with E-state index in [1.165, 1.54) is 0 Å². The largest absolute Gasteiger partial charge is 0.421 e. The summed E-state index contributed by atoms with van der Waals surface area (Å²) < 4.78 is 24.8. The Morgan fingerprint density at radius 2 is 1.25 bits per heavy atom. The highest BCUT2D eigenvalue weighted by atomic mass is 31.2. The zero-order chi connectivity index (χ0) is 16.7. The van der Waals surface area contributed by atoms with E-state index in [1.807, 2.05) is 66.7 Å². The van der Waals surface area contributed by atoms with Crippen molar-refractivity contribution >= 4 is 12.9 Å². The standard InChI is InChI=1S/C20H19O3P/c21-24(20-14-8-3-9-15-20,23-19-12-6-2-7-13-19)22-17-16-18-10-4-1-5-11-18/h1-15H,16-17H2. The molecule has 1 atom stereocenters. The molecule has 0 amide bonds. The summed E-state index contributed by atoms with van der Waals surface area (Å²) >= 11 is 0. The van der Waals surface area contributed by atoms with E-state index >= 15 is 0 Å². The summed E-state index contributed by atoms with van der Waals surface area (Å²) in [6.45, 7) is 0.322. The topological polar surface area (TPSA) is 35.5 Å². The zero-order valence-corrected chi connectivity index (χ0v) is 14.1. The lowest BCUT2D eigenvalue weighted by molar-refractivity contribution is 0.277. The molecule has 0 bridgehead atoms. The van der Waals surface area contributed by atoms with Gasteiger partial charge in [-0.15, -0.1) is 0 Å². The number of hydrogen-bond donors (Lipinski definition) is 0. The lowest BCUT2D eigenvalue weighted by Crippen LogP contribution is -2.13. The molecule has 0 aliphatic carbocycles. The molecule has 0 heterocycles. The van der Waals surface area contributed by atoms with Gasteiger partial charge in [0.05, 0.1) is 11.9 Å². The van der Waals surface area contributed by atoms with Gasteiger partial charge in [-0.05, 0) is 36.2 Å². The maximum absolute atomic E-state index is 13.3. The van der Waals surface area contributed by atoms with Gasteiger partial charge in [0.1, 0.15) is 5.75 Å². The van der Waals surface area contributed by atoms with Crippen LogP contribution in [0.25, 0.3) is 0 Å². The van der Waals surface area contributed by atoms with Gasteiger partial charge >= 0.3 is 7.60 Å². The smallest absolute Gasteiger partial charge is 0.410 e. The molecular weight excluding hydrogens is 319 g/mol. The van der Waals surface area contributed by atoms with Gasteiger partial charge in [-0.25, -0.2) is 4.57 Å². The van der Waals surface area contributed by atoms with E-state index in [0.29, 0.717) is 24.1 Å². The average molecular weight is 338 g/mol. The minimum Gasteiger partial charge on any atom is -0.421 e. The maximum Gasteiger partial charge on any atom is 0.410 e. The predicted molar refractivity (Wildman–Crippen MR) is 96.9 cm³/mol. The quantitative estimate of drug-likeness (QED) is 0.578. The Labute approximate surface area is 142 Å². The third-order valence-corrected chi connectivity index (χ3v) is 5.44. The molecule has 24 heavy (non-hydrogen) atoms. The van der Waals surface area contributed by atoms with Crippen molar-refractivity contribution in [3.8, 4) is 5.75 Å². The minimum absolute atomic E-state index is 0.322. The predicted octanol–water partition coefficient (Wildman–Crippen LogP) is 4.84. The van der Waals surface area contributed by atoms with Gasteiger partial charge in [-0.3, -0.25) is 4.52 Å². The lowest BCUT2D eigenvalue weighted by atomic mass is 10.2. The molecule has 1 unspecified atom stereocenters. The average Bonchev–Trinajstić information content (AvgIpc) is 2.64. The zero-order valence-electron chi connectivity index (χ0n) is 13.2. The highest BCUT2D eigenvalue weighted by Gasteiger charge is 2.29. The van der Waals surface area contributed by atoms with Crippen LogP contribution in [0.2, 0.25) is 0 Å². The highest BCUT2D eigenvalue weighted by molar-refractivity contribution is 7.62. The third kappa shape index (κ3) is 4.35. The van der Waals surface area contributed by atoms with Crippen molar-refractivity contribution in [2.45, 2.75) is 6.42 Å². The van der Waals surface area contributed by atoms with Crippen molar-refractivity contribution in [1.82, 2.24) is 0 Å². The molecule has 3 aromatic carbocycles. The molecule has 3 aromatic rings. The summed E-state index contributed by atoms with van der Waals surface area (Å²) in [7, 11) is -3.43. The van der Waals surface area contributed by atoms with Crippen molar-refractivity contribution in [2.75, 3.05) is 6.61 Å². The van der Waals surface area contributed by atoms with Crippen LogP contribution in [-0.4, -0.2) is 6.61 Å². The fraction of sp³-hybridized carbons (Fsp3) is 0.100. The first-order valence-corrected chi connectivity index (χ1v) is 9.39. The van der Waals surface area contributed by atoms with E-state index < -0.39 is 7.60 Å². The van der Waals surface area contributed by atoms with Crippen LogP contribution in [0.3, 0.4) is 0 Å². The summed E-state index contributed by atoms with van der Waals surface area (Å²) in [6.07, 6.45) is 0.676. The molecule has 0 radical (unpaired) electrons. The fourth-order valence-corrected chi connectivity index (χ4v) is 3.89. The van der Waals surface area contributed by atoms with Crippen LogP contribution in [0.5, 0.6) is 5.75 Å². The Kier molecular flexibility index (Phi) is 5.47. The van der Waals surface area contributed by atoms with Crippen LogP contribution in [-0.2, 0) is 15.5 Å². The van der Waals surface area contributed by atoms with Crippen molar-refractivity contribution in [2.24, 2.45) is 0 Å². The Balaban J connectivity index is 1.76. The summed E-state index contributed by atoms with van der Waals surface area (Å²) in [5, 5.41) is 0.557. The van der Waals surface area contributed by atoms with Crippen LogP contribution >= 0.6 is 7.60 Å². The normalized spacial score (nSPS) is 13.2. The summed E-state index contributed by atoms with van der Waals surface area (Å²) in [6, 6.07) is 28.2. The summed E-state index contributed by atoms with van der Waals surface area (Å²) in [5.41, 5.74) is 1.14. The van der Waals surface area contributed by atoms with E-state index in [4.69, 9.17) is 9.05 Å². The lowest BCUT2D eigenvalue weighted by Gasteiger charge is -2.19. The van der Waals surface area contributed by atoms with Crippen LogP contribution in [0.15, 0.2) is 91.0 Å². The summed E-state index contributed by atoms with van der Waals surface area (Å²) in [4.78, 5) is 0. The van der Waals surface area contributed by atoms with Gasteiger partial charge < -0.3 is 4.52 Å². The Hall–Kier alpha value is -2.35. The van der Waals surface area contributed by atoms with Crippen LogP contribution < -0.4 is 9.83 Å². The molecule has 0 fully saturated rings. The first-order valence-electron chi connectivity index (χ1n) is 7.85. The van der Waals surface area contributed by atoms with Crippen molar-refractivity contribution < 1.29 is 13.6 Å². The van der Waals surface area contributed by atoms with Crippen LogP contribution in [0, 0.1) is 0 Å². The molecule has 0 spiro atoms. The molecule has 0 aromatic heterocycles. The highest BCUT2D eigenvalue weighted by Crippen LogP contribution is 2.47. The molecule has 0 aliphatic heterocycles. The Morgan fingerprint density at radius 1 is 0.708 bits per heavy atom. The molecular formula is C20H19O3P. The first kappa shape index (κ1) is 16.5. The van der Waals surface area contributed by atoms with E-state index in [1.54, 1.807) is 24.3 Å². The van der Waals surface area contributed by atoms with E-state index in [0.717, 1.165) is 5.56 Å². The van der Waals surface area contributed by atoms with Gasteiger partial charge in [-0.1, -0.05) is 66.7 Å². The molecule has 0 saturated heterocycles. The minimum atomic E-state index is -3.43. The molecule has 122 valence electrons. The van der Waals surface area contributed by atoms with Gasteiger partial charge in [0.15, 0.2) is 0 Å². The second-order valence-electron chi connectivity index (χ2n) is 5.31. The number of rotatable bonds is 7. The second-order valence-corrected chi connectivity index (χ2v) is 7.26. The van der Waals surface area contributed by atoms with Crippen LogP contribution in [0.1, 0.15) is 5.56 Å². The number of hydrogen-bond acceptors (Lipinski definition) is 3. The molecule has 4 heteroatoms. The number of para-hydroxylation sites is 1. The van der Waals surface area contributed by atoms with E-state index in [-0.39, 0.29) is 0 Å². The monoisotopic (exact) mass is 338 g/mol. The molecule has 0 aliphatic rings. The molecule has 3 nitrogen and oxygen atoms in total. The molecule has 0 N–H and O–H groups in total. The fourth-order valence-electron chi connectivity index (χ4n) is 2.31. The Bertz CT molecular complexity index is 789. The SMILES string of the molecule is O=P(OCCc1ccccc1)(Oc1ccccc1)c1ccccc1. The molecule has 0 saturated carbocycles. The Morgan fingerprint density at radius 3 is 1.88 bits per heavy atom. The van der Waals surface area contributed by atoms with Gasteiger partial charge in [0.2, 0.25) is 0 Å². The maximum atomic E-state index is 13.3. The molecule has 3 rings (SSSR count). The van der Waals surface area contributed by atoms with Crippen molar-refractivity contribution in [3.63, 3.8) is 0 Å². The van der Waals surface area contributed by atoms with Crippen molar-refractivity contribution in [1.29, 1.82) is 0 Å². The van der Waals surface area contributed by atoms with Crippen molar-refractivity contribution in [3.05, 3.63) is 96.6 Å². The first-order chi connectivity index (χ1) is 11.8. The van der Waals surface area contributed by atoms with E-state index in [2.05, 4.69) is 0 Å². The summed E-state index contributed by atoms with van der Waals surface area (Å²) in [5.74, 6) is 0.532. The van der Waals surface area contributed by atoms with Gasteiger partial charge in [-0.2, -0.15) is 0 Å². The van der Waals surface area contributed by atoms with E-state index in [9.17, 15) is 4.57 Å². The number of benzene rings is 3. The van der Waals surface area contributed by atoms with Gasteiger partial charge in [0.25, 0.3) is 0 Å². The second kappa shape index (κ2) is 7.96.